The van der Waals surface area contributed by atoms with Gasteiger partial charge in [0.05, 0.1) is 4.92 Å². The summed E-state index contributed by atoms with van der Waals surface area (Å²) in [5, 5.41) is 15.8. The second kappa shape index (κ2) is 6.28. The lowest BCUT2D eigenvalue weighted by atomic mass is 10.1. The van der Waals surface area contributed by atoms with Gasteiger partial charge in [0.1, 0.15) is 0 Å². The number of nitrogens with zero attached hydrogens (tertiary/aromatic N) is 1. The summed E-state index contributed by atoms with van der Waals surface area (Å²) in [6.45, 7) is 1.55. The predicted molar refractivity (Wildman–Crippen MR) is 72.8 cm³/mol. The molecule has 0 aliphatic heterocycles. The van der Waals surface area contributed by atoms with Gasteiger partial charge < -0.3 is 5.32 Å². The number of benzene rings is 1. The molecule has 1 aromatic carbocycles. The normalized spacial score (nSPS) is 10.4. The smallest absolute Gasteiger partial charge is 0.312 e. The van der Waals surface area contributed by atoms with Crippen molar-refractivity contribution < 1.29 is 4.92 Å². The van der Waals surface area contributed by atoms with Crippen LogP contribution in [0.15, 0.2) is 41.8 Å². The average molecular weight is 262 g/mol. The van der Waals surface area contributed by atoms with Crippen molar-refractivity contribution in [3.8, 4) is 0 Å². The Hall–Kier alpha value is -1.72. The molecule has 0 aliphatic rings. The molecular weight excluding hydrogens is 248 g/mol. The highest BCUT2D eigenvalue weighted by Crippen LogP contribution is 2.22. The third-order valence-electron chi connectivity index (χ3n) is 2.58. The standard InChI is InChI=1S/C13H14N2O2S/c16-15(17)13-8-12(10-18-13)9-14-7-6-11-4-2-1-3-5-11/h1-5,8,10,14H,6-7,9H2. The molecule has 0 unspecified atom stereocenters. The monoisotopic (exact) mass is 262 g/mol. The van der Waals surface area contributed by atoms with Gasteiger partial charge in [-0.25, -0.2) is 0 Å². The van der Waals surface area contributed by atoms with Crippen LogP contribution in [-0.2, 0) is 13.0 Å². The molecule has 0 saturated carbocycles. The van der Waals surface area contributed by atoms with Crippen molar-refractivity contribution in [2.24, 2.45) is 0 Å². The van der Waals surface area contributed by atoms with Crippen molar-refractivity contribution in [2.45, 2.75) is 13.0 Å². The van der Waals surface area contributed by atoms with Gasteiger partial charge in [-0.15, -0.1) is 0 Å². The van der Waals surface area contributed by atoms with Crippen molar-refractivity contribution >= 4 is 16.3 Å². The Morgan fingerprint density at radius 2 is 2.00 bits per heavy atom. The zero-order valence-corrected chi connectivity index (χ0v) is 10.7. The SMILES string of the molecule is O=[N+]([O-])c1cc(CNCCc2ccccc2)cs1. The molecule has 0 amide bonds. The van der Waals surface area contributed by atoms with Crippen LogP contribution in [0.3, 0.4) is 0 Å². The van der Waals surface area contributed by atoms with E-state index in [1.807, 2.05) is 23.6 Å². The molecule has 94 valence electrons. The number of hydrogen-bond donors (Lipinski definition) is 1. The van der Waals surface area contributed by atoms with Gasteiger partial charge in [-0.2, -0.15) is 0 Å². The van der Waals surface area contributed by atoms with E-state index in [2.05, 4.69) is 17.4 Å². The van der Waals surface area contributed by atoms with Crippen LogP contribution in [0, 0.1) is 10.1 Å². The molecule has 5 heteroatoms. The summed E-state index contributed by atoms with van der Waals surface area (Å²) in [6.07, 6.45) is 0.965. The zero-order chi connectivity index (χ0) is 12.8. The first-order chi connectivity index (χ1) is 8.75. The molecule has 0 atom stereocenters. The molecule has 0 aliphatic carbocycles. The lowest BCUT2D eigenvalue weighted by molar-refractivity contribution is -0.380. The Morgan fingerprint density at radius 1 is 1.22 bits per heavy atom. The minimum atomic E-state index is -0.349. The van der Waals surface area contributed by atoms with Gasteiger partial charge in [-0.3, -0.25) is 10.1 Å². The first kappa shape index (κ1) is 12.7. The van der Waals surface area contributed by atoms with Crippen molar-refractivity contribution in [3.63, 3.8) is 0 Å². The second-order valence-electron chi connectivity index (χ2n) is 3.96. The van der Waals surface area contributed by atoms with E-state index < -0.39 is 0 Å². The number of hydrogen-bond acceptors (Lipinski definition) is 4. The fourth-order valence-electron chi connectivity index (χ4n) is 1.66. The third-order valence-corrected chi connectivity index (χ3v) is 3.51. The Kier molecular flexibility index (Phi) is 4.44. The van der Waals surface area contributed by atoms with Crippen LogP contribution in [0.2, 0.25) is 0 Å². The molecule has 0 bridgehead atoms. The molecule has 2 aromatic rings. The van der Waals surface area contributed by atoms with Crippen LogP contribution in [0.5, 0.6) is 0 Å². The Labute approximate surface area is 109 Å². The van der Waals surface area contributed by atoms with E-state index in [1.54, 1.807) is 6.07 Å². The zero-order valence-electron chi connectivity index (χ0n) is 9.83. The summed E-state index contributed by atoms with van der Waals surface area (Å²) in [6, 6.07) is 11.9. The number of nitro groups is 1. The molecule has 1 aromatic heterocycles. The fraction of sp³-hybridized carbons (Fsp3) is 0.231. The minimum Gasteiger partial charge on any atom is -0.312 e. The van der Waals surface area contributed by atoms with Crippen LogP contribution >= 0.6 is 11.3 Å². The van der Waals surface area contributed by atoms with Crippen LogP contribution < -0.4 is 5.32 Å². The first-order valence-corrected chi connectivity index (χ1v) is 6.60. The van der Waals surface area contributed by atoms with Crippen LogP contribution in [0.1, 0.15) is 11.1 Å². The number of nitrogens with one attached hydrogen (secondary N) is 1. The fourth-order valence-corrected chi connectivity index (χ4v) is 2.39. The molecule has 18 heavy (non-hydrogen) atoms. The molecular formula is C13H14N2O2S. The van der Waals surface area contributed by atoms with Gasteiger partial charge >= 0.3 is 5.00 Å². The van der Waals surface area contributed by atoms with Gasteiger partial charge in [0.15, 0.2) is 0 Å². The maximum atomic E-state index is 10.5. The summed E-state index contributed by atoms with van der Waals surface area (Å²) in [5.74, 6) is 0. The predicted octanol–water partition coefficient (Wildman–Crippen LogP) is 2.99. The largest absolute Gasteiger partial charge is 0.324 e. The summed E-state index contributed by atoms with van der Waals surface area (Å²) < 4.78 is 0. The summed E-state index contributed by atoms with van der Waals surface area (Å²) in [4.78, 5) is 10.2. The van der Waals surface area contributed by atoms with E-state index in [-0.39, 0.29) is 9.92 Å². The van der Waals surface area contributed by atoms with Gasteiger partial charge in [-0.05, 0) is 24.1 Å². The van der Waals surface area contributed by atoms with E-state index in [4.69, 9.17) is 0 Å². The molecule has 2 rings (SSSR count). The number of rotatable bonds is 6. The maximum Gasteiger partial charge on any atom is 0.324 e. The highest BCUT2D eigenvalue weighted by atomic mass is 32.1. The molecule has 1 N–H and O–H groups in total. The summed E-state index contributed by atoms with van der Waals surface area (Å²) in [5.41, 5.74) is 2.26. The Balaban J connectivity index is 1.73. The summed E-state index contributed by atoms with van der Waals surface area (Å²) >= 11 is 1.17. The third kappa shape index (κ3) is 3.65. The lowest BCUT2D eigenvalue weighted by Crippen LogP contribution is -2.16. The van der Waals surface area contributed by atoms with Crippen LogP contribution in [-0.4, -0.2) is 11.5 Å². The average Bonchev–Trinajstić information content (AvgIpc) is 2.85. The molecule has 0 radical (unpaired) electrons. The minimum absolute atomic E-state index is 0.204. The lowest BCUT2D eigenvalue weighted by Gasteiger charge is -2.03. The van der Waals surface area contributed by atoms with Crippen molar-refractivity contribution in [3.05, 3.63) is 63.0 Å². The highest BCUT2D eigenvalue weighted by molar-refractivity contribution is 7.13. The number of thiophene rings is 1. The maximum absolute atomic E-state index is 10.5. The molecule has 0 fully saturated rings. The quantitative estimate of drug-likeness (QED) is 0.494. The van der Waals surface area contributed by atoms with Crippen molar-refractivity contribution in [1.82, 2.24) is 5.32 Å². The van der Waals surface area contributed by atoms with E-state index >= 15 is 0 Å². The van der Waals surface area contributed by atoms with Crippen molar-refractivity contribution in [2.75, 3.05) is 6.54 Å². The van der Waals surface area contributed by atoms with E-state index in [0.29, 0.717) is 6.54 Å². The van der Waals surface area contributed by atoms with E-state index in [9.17, 15) is 10.1 Å². The Morgan fingerprint density at radius 3 is 2.67 bits per heavy atom. The first-order valence-electron chi connectivity index (χ1n) is 5.72. The van der Waals surface area contributed by atoms with Gasteiger partial charge in [0, 0.05) is 18.0 Å². The Bertz CT molecular complexity index is 511. The molecule has 0 spiro atoms. The van der Waals surface area contributed by atoms with Crippen LogP contribution in [0.4, 0.5) is 5.00 Å². The summed E-state index contributed by atoms with van der Waals surface area (Å²) in [7, 11) is 0. The van der Waals surface area contributed by atoms with Gasteiger partial charge in [-0.1, -0.05) is 41.7 Å². The van der Waals surface area contributed by atoms with Crippen molar-refractivity contribution in [1.29, 1.82) is 0 Å². The van der Waals surface area contributed by atoms with Crippen LogP contribution in [0.25, 0.3) is 0 Å². The molecule has 1 heterocycles. The van der Waals surface area contributed by atoms with E-state index in [1.165, 1.54) is 16.9 Å². The van der Waals surface area contributed by atoms with Gasteiger partial charge in [0.2, 0.25) is 0 Å². The van der Waals surface area contributed by atoms with E-state index in [0.717, 1.165) is 18.5 Å². The second-order valence-corrected chi connectivity index (χ2v) is 4.85. The molecule has 4 nitrogen and oxygen atoms in total. The molecule has 0 saturated heterocycles. The van der Waals surface area contributed by atoms with Gasteiger partial charge in [0.25, 0.3) is 0 Å². The highest BCUT2D eigenvalue weighted by Gasteiger charge is 2.08. The topological polar surface area (TPSA) is 55.2 Å².